The number of hydrogen-bond acceptors (Lipinski definition) is 7. The topological polar surface area (TPSA) is 80.8 Å². The third kappa shape index (κ3) is 4.93. The second-order valence-electron chi connectivity index (χ2n) is 8.90. The van der Waals surface area contributed by atoms with Crippen molar-refractivity contribution in [1.82, 2.24) is 10.3 Å². The summed E-state index contributed by atoms with van der Waals surface area (Å²) in [5, 5.41) is 3.36. The summed E-state index contributed by atoms with van der Waals surface area (Å²) in [5.74, 6) is -0.475. The molecule has 1 aliphatic carbocycles. The number of anilines is 1. The fourth-order valence-electron chi connectivity index (χ4n) is 4.58. The summed E-state index contributed by atoms with van der Waals surface area (Å²) in [6.45, 7) is 0.371. The Bertz CT molecular complexity index is 1400. The molecule has 3 aromatic carbocycles. The van der Waals surface area contributed by atoms with E-state index in [9.17, 15) is 9.59 Å². The average Bonchev–Trinajstić information content (AvgIpc) is 3.50. The maximum Gasteiger partial charge on any atom is 0.407 e. The first-order chi connectivity index (χ1) is 18.0. The lowest BCUT2D eigenvalue weighted by Gasteiger charge is -2.14. The van der Waals surface area contributed by atoms with Crippen LogP contribution in [-0.4, -0.2) is 44.9 Å². The minimum absolute atomic E-state index is 0.0133. The largest absolute Gasteiger partial charge is 0.465 e. The molecular weight excluding hydrogens is 486 g/mol. The first kappa shape index (κ1) is 24.5. The summed E-state index contributed by atoms with van der Waals surface area (Å²) >= 11 is 1.20. The van der Waals surface area contributed by atoms with Crippen LogP contribution in [-0.2, 0) is 16.0 Å². The molecule has 0 unspecified atom stereocenters. The highest BCUT2D eigenvalue weighted by Crippen LogP contribution is 2.44. The van der Waals surface area contributed by atoms with Crippen molar-refractivity contribution in [2.75, 3.05) is 32.7 Å². The van der Waals surface area contributed by atoms with Gasteiger partial charge in [0.25, 0.3) is 0 Å². The Morgan fingerprint density at radius 3 is 2.16 bits per heavy atom. The number of aromatic nitrogens is 1. The number of rotatable bonds is 7. The van der Waals surface area contributed by atoms with E-state index in [1.165, 1.54) is 29.6 Å². The lowest BCUT2D eigenvalue weighted by Crippen LogP contribution is -2.25. The van der Waals surface area contributed by atoms with E-state index < -0.39 is 12.1 Å². The lowest BCUT2D eigenvalue weighted by atomic mass is 9.98. The first-order valence-corrected chi connectivity index (χ1v) is 12.7. The molecule has 8 heteroatoms. The van der Waals surface area contributed by atoms with Gasteiger partial charge in [0.15, 0.2) is 0 Å². The lowest BCUT2D eigenvalue weighted by molar-refractivity contribution is 0.0607. The molecule has 37 heavy (non-hydrogen) atoms. The maximum absolute atomic E-state index is 12.6. The summed E-state index contributed by atoms with van der Waals surface area (Å²) in [5.41, 5.74) is 7.04. The minimum atomic E-state index is -0.534. The number of esters is 1. The highest BCUT2D eigenvalue weighted by atomic mass is 32.1. The molecule has 0 fully saturated rings. The normalized spacial score (nSPS) is 12.0. The standard InChI is InChI=1S/C29H27N3O4S/c1-32(2)19-14-12-18(13-15-19)26-27(28(33)35-3)37-25(31-26)16-30-29(34)36-17-24-22-10-6-4-8-20(22)21-9-5-7-11-23(21)24/h4-15,24H,16-17H2,1-3H3,(H,30,34). The van der Waals surface area contributed by atoms with Gasteiger partial charge in [0.05, 0.1) is 19.3 Å². The Labute approximate surface area is 219 Å². The number of hydrogen-bond donors (Lipinski definition) is 1. The minimum Gasteiger partial charge on any atom is -0.465 e. The number of nitrogens with one attached hydrogen (secondary N) is 1. The second-order valence-corrected chi connectivity index (χ2v) is 9.98. The van der Waals surface area contributed by atoms with Crippen molar-refractivity contribution >= 4 is 29.1 Å². The van der Waals surface area contributed by atoms with Crippen molar-refractivity contribution in [3.8, 4) is 22.4 Å². The van der Waals surface area contributed by atoms with Gasteiger partial charge in [-0.1, -0.05) is 60.7 Å². The van der Waals surface area contributed by atoms with Gasteiger partial charge in [-0.15, -0.1) is 11.3 Å². The van der Waals surface area contributed by atoms with Crippen LogP contribution in [0.1, 0.15) is 31.7 Å². The van der Waals surface area contributed by atoms with Gasteiger partial charge in [-0.3, -0.25) is 0 Å². The molecule has 1 heterocycles. The molecule has 0 saturated carbocycles. The van der Waals surface area contributed by atoms with Gasteiger partial charge in [-0.25, -0.2) is 14.6 Å². The van der Waals surface area contributed by atoms with Gasteiger partial charge in [0.1, 0.15) is 16.5 Å². The number of alkyl carbamates (subject to hydrolysis) is 1. The van der Waals surface area contributed by atoms with Crippen LogP contribution in [0.5, 0.6) is 0 Å². The molecular formula is C29H27N3O4S. The van der Waals surface area contributed by atoms with Crippen LogP contribution in [0.2, 0.25) is 0 Å². The number of benzene rings is 3. The van der Waals surface area contributed by atoms with Gasteiger partial charge in [0, 0.05) is 31.3 Å². The summed E-state index contributed by atoms with van der Waals surface area (Å²) < 4.78 is 10.6. The van der Waals surface area contributed by atoms with Gasteiger partial charge in [-0.2, -0.15) is 0 Å². The van der Waals surface area contributed by atoms with E-state index in [-0.39, 0.29) is 19.1 Å². The zero-order chi connectivity index (χ0) is 25.9. The maximum atomic E-state index is 12.6. The Kier molecular flexibility index (Phi) is 6.92. The van der Waals surface area contributed by atoms with Crippen LogP contribution in [0.25, 0.3) is 22.4 Å². The predicted octanol–water partition coefficient (Wildman–Crippen LogP) is 5.70. The molecule has 0 radical (unpaired) electrons. The number of fused-ring (bicyclic) bond motifs is 3. The van der Waals surface area contributed by atoms with E-state index in [1.54, 1.807) is 0 Å². The van der Waals surface area contributed by atoms with E-state index in [1.807, 2.05) is 67.5 Å². The fourth-order valence-corrected chi connectivity index (χ4v) is 5.53. The van der Waals surface area contributed by atoms with Crippen molar-refractivity contribution in [3.63, 3.8) is 0 Å². The van der Waals surface area contributed by atoms with Gasteiger partial charge < -0.3 is 19.7 Å². The molecule has 1 aromatic heterocycles. The highest BCUT2D eigenvalue weighted by Gasteiger charge is 2.29. The predicted molar refractivity (Wildman–Crippen MR) is 145 cm³/mol. The molecule has 4 aromatic rings. The van der Waals surface area contributed by atoms with Crippen LogP contribution in [0.15, 0.2) is 72.8 Å². The number of ether oxygens (including phenoxy) is 2. The average molecular weight is 514 g/mol. The Balaban J connectivity index is 1.26. The summed E-state index contributed by atoms with van der Waals surface area (Å²) in [6.07, 6.45) is -0.534. The van der Waals surface area contributed by atoms with Crippen molar-refractivity contribution in [1.29, 1.82) is 0 Å². The molecule has 0 atom stereocenters. The van der Waals surface area contributed by atoms with Crippen LogP contribution >= 0.6 is 11.3 Å². The quantitative estimate of drug-likeness (QED) is 0.319. The Hall–Kier alpha value is -4.17. The van der Waals surface area contributed by atoms with Crippen molar-refractivity contribution < 1.29 is 19.1 Å². The number of methoxy groups -OCH3 is 1. The second kappa shape index (κ2) is 10.4. The molecule has 0 bridgehead atoms. The smallest absolute Gasteiger partial charge is 0.407 e. The van der Waals surface area contributed by atoms with Gasteiger partial charge >= 0.3 is 12.1 Å². The number of carbonyl (C=O) groups is 2. The summed E-state index contributed by atoms with van der Waals surface area (Å²) in [6, 6.07) is 24.2. The molecule has 1 N–H and O–H groups in total. The van der Waals surface area contributed by atoms with Crippen LogP contribution < -0.4 is 10.2 Å². The number of thiazole rings is 1. The van der Waals surface area contributed by atoms with E-state index in [4.69, 9.17) is 9.47 Å². The summed E-state index contributed by atoms with van der Waals surface area (Å²) in [4.78, 5) is 32.0. The molecule has 5 rings (SSSR count). The van der Waals surface area contributed by atoms with E-state index in [2.05, 4.69) is 34.6 Å². The van der Waals surface area contributed by atoms with E-state index >= 15 is 0 Å². The highest BCUT2D eigenvalue weighted by molar-refractivity contribution is 7.14. The zero-order valence-electron chi connectivity index (χ0n) is 20.9. The van der Waals surface area contributed by atoms with Crippen LogP contribution in [0.3, 0.4) is 0 Å². The van der Waals surface area contributed by atoms with Crippen molar-refractivity contribution in [2.24, 2.45) is 0 Å². The monoisotopic (exact) mass is 513 g/mol. The number of nitrogens with zero attached hydrogens (tertiary/aromatic N) is 2. The molecule has 7 nitrogen and oxygen atoms in total. The Morgan fingerprint density at radius 2 is 1.57 bits per heavy atom. The molecule has 1 aliphatic rings. The van der Waals surface area contributed by atoms with Crippen molar-refractivity contribution in [3.05, 3.63) is 93.8 Å². The van der Waals surface area contributed by atoms with E-state index in [0.29, 0.717) is 15.6 Å². The SMILES string of the molecule is COC(=O)c1sc(CNC(=O)OCC2c3ccccc3-c3ccccc32)nc1-c1ccc(N(C)C)cc1. The molecule has 0 spiro atoms. The zero-order valence-corrected chi connectivity index (χ0v) is 21.7. The molecule has 188 valence electrons. The van der Waals surface area contributed by atoms with Gasteiger partial charge in [0.2, 0.25) is 0 Å². The number of carbonyl (C=O) groups excluding carboxylic acids is 2. The third-order valence-corrected chi connectivity index (χ3v) is 7.46. The first-order valence-electron chi connectivity index (χ1n) is 11.9. The number of amides is 1. The van der Waals surface area contributed by atoms with E-state index in [0.717, 1.165) is 22.4 Å². The van der Waals surface area contributed by atoms with Gasteiger partial charge in [-0.05, 0) is 34.4 Å². The third-order valence-electron chi connectivity index (χ3n) is 6.43. The summed E-state index contributed by atoms with van der Waals surface area (Å²) in [7, 11) is 5.27. The Morgan fingerprint density at radius 1 is 0.946 bits per heavy atom. The molecule has 1 amide bonds. The molecule has 0 aliphatic heterocycles. The molecule has 0 saturated heterocycles. The van der Waals surface area contributed by atoms with Crippen LogP contribution in [0.4, 0.5) is 10.5 Å². The van der Waals surface area contributed by atoms with Crippen LogP contribution in [0, 0.1) is 0 Å². The van der Waals surface area contributed by atoms with Crippen molar-refractivity contribution in [2.45, 2.75) is 12.5 Å². The fraction of sp³-hybridized carbons (Fsp3) is 0.207.